The molecule has 6 heteroatoms. The number of nitrogens with zero attached hydrogens (tertiary/aromatic N) is 1. The van der Waals surface area contributed by atoms with Gasteiger partial charge < -0.3 is 10.3 Å². The van der Waals surface area contributed by atoms with Crippen molar-refractivity contribution >= 4 is 34.7 Å². The number of hydrogen-bond acceptors (Lipinski definition) is 3. The Hall–Kier alpha value is -2.73. The van der Waals surface area contributed by atoms with E-state index in [1.165, 1.54) is 4.57 Å². The molecule has 120 valence electrons. The molecule has 0 spiro atoms. The number of carbonyl (C=O) groups is 1. The van der Waals surface area contributed by atoms with E-state index in [1.807, 2.05) is 24.3 Å². The first-order valence-corrected chi connectivity index (χ1v) is 8.20. The Morgan fingerprint density at radius 3 is 2.75 bits per heavy atom. The molecule has 4 rings (SSSR count). The highest BCUT2D eigenvalue weighted by molar-refractivity contribution is 7.71. The summed E-state index contributed by atoms with van der Waals surface area (Å²) in [5, 5.41) is 3.46. The van der Waals surface area contributed by atoms with Crippen LogP contribution in [0, 0.1) is 10.7 Å². The van der Waals surface area contributed by atoms with E-state index in [9.17, 15) is 9.59 Å². The van der Waals surface area contributed by atoms with Crippen molar-refractivity contribution in [2.75, 3.05) is 5.32 Å². The zero-order valence-corrected chi connectivity index (χ0v) is 13.6. The van der Waals surface area contributed by atoms with Crippen LogP contribution in [0.2, 0.25) is 0 Å². The van der Waals surface area contributed by atoms with Crippen LogP contribution in [-0.4, -0.2) is 15.5 Å². The number of fused-ring (bicyclic) bond motifs is 1. The molecule has 1 heterocycles. The summed E-state index contributed by atoms with van der Waals surface area (Å²) in [6.45, 7) is 0. The van der Waals surface area contributed by atoms with Crippen LogP contribution in [0.1, 0.15) is 12.8 Å². The number of benzene rings is 2. The number of anilines is 1. The Morgan fingerprint density at radius 2 is 1.96 bits per heavy atom. The second-order valence-electron chi connectivity index (χ2n) is 5.93. The van der Waals surface area contributed by atoms with Gasteiger partial charge in [-0.05, 0) is 55.4 Å². The first-order valence-electron chi connectivity index (χ1n) is 7.79. The third kappa shape index (κ3) is 2.65. The van der Waals surface area contributed by atoms with E-state index >= 15 is 0 Å². The monoisotopic (exact) mass is 337 g/mol. The SMILES string of the molecule is O=C(Nc1cccc(-n2c(=S)[nH]c3ccccc3c2=O)c1)C1CC1. The van der Waals surface area contributed by atoms with Gasteiger partial charge in [0.25, 0.3) is 5.56 Å². The zero-order chi connectivity index (χ0) is 16.7. The lowest BCUT2D eigenvalue weighted by atomic mass is 10.2. The zero-order valence-electron chi connectivity index (χ0n) is 12.8. The predicted octanol–water partition coefficient (Wildman–Crippen LogP) is 3.40. The van der Waals surface area contributed by atoms with Gasteiger partial charge in [0.05, 0.1) is 16.6 Å². The standard InChI is InChI=1S/C18H15N3O2S/c22-16(11-8-9-11)19-12-4-3-5-13(10-12)21-17(23)14-6-1-2-7-15(14)20-18(21)24/h1-7,10-11H,8-9H2,(H,19,22)(H,20,24). The normalized spacial score (nSPS) is 13.8. The molecule has 0 radical (unpaired) electrons. The van der Waals surface area contributed by atoms with E-state index in [1.54, 1.807) is 24.3 Å². The number of carbonyl (C=O) groups excluding carboxylic acids is 1. The summed E-state index contributed by atoms with van der Waals surface area (Å²) in [7, 11) is 0. The van der Waals surface area contributed by atoms with Crippen molar-refractivity contribution in [1.82, 2.24) is 9.55 Å². The Bertz CT molecular complexity index is 1060. The third-order valence-electron chi connectivity index (χ3n) is 4.13. The minimum atomic E-state index is -0.181. The smallest absolute Gasteiger partial charge is 0.266 e. The number of amides is 1. The summed E-state index contributed by atoms with van der Waals surface area (Å²) < 4.78 is 1.77. The first-order chi connectivity index (χ1) is 11.6. The molecule has 1 amide bonds. The van der Waals surface area contributed by atoms with E-state index in [0.29, 0.717) is 27.0 Å². The van der Waals surface area contributed by atoms with E-state index in [4.69, 9.17) is 12.2 Å². The highest BCUT2D eigenvalue weighted by Gasteiger charge is 2.29. The summed E-state index contributed by atoms with van der Waals surface area (Å²) in [6.07, 6.45) is 1.89. The fourth-order valence-corrected chi connectivity index (χ4v) is 3.01. The van der Waals surface area contributed by atoms with Crippen LogP contribution >= 0.6 is 12.2 Å². The van der Waals surface area contributed by atoms with Crippen molar-refractivity contribution in [3.05, 3.63) is 63.7 Å². The van der Waals surface area contributed by atoms with Gasteiger partial charge in [0, 0.05) is 11.6 Å². The van der Waals surface area contributed by atoms with Crippen molar-refractivity contribution in [3.63, 3.8) is 0 Å². The maximum Gasteiger partial charge on any atom is 0.266 e. The molecule has 1 fully saturated rings. The lowest BCUT2D eigenvalue weighted by Gasteiger charge is -2.10. The molecule has 5 nitrogen and oxygen atoms in total. The lowest BCUT2D eigenvalue weighted by molar-refractivity contribution is -0.117. The van der Waals surface area contributed by atoms with Gasteiger partial charge in [0.15, 0.2) is 4.77 Å². The van der Waals surface area contributed by atoms with Crippen LogP contribution in [0.5, 0.6) is 0 Å². The summed E-state index contributed by atoms with van der Waals surface area (Å²) in [4.78, 5) is 27.8. The Balaban J connectivity index is 1.81. The van der Waals surface area contributed by atoms with Crippen LogP contribution < -0.4 is 10.9 Å². The summed E-state index contributed by atoms with van der Waals surface area (Å²) in [6, 6.07) is 14.4. The number of aromatic nitrogens is 2. The van der Waals surface area contributed by atoms with Crippen LogP contribution in [0.15, 0.2) is 53.3 Å². The fraction of sp³-hybridized carbons (Fsp3) is 0.167. The summed E-state index contributed by atoms with van der Waals surface area (Å²) in [5.74, 6) is 0.156. The number of H-pyrrole nitrogens is 1. The maximum absolute atomic E-state index is 12.8. The molecule has 2 N–H and O–H groups in total. The predicted molar refractivity (Wildman–Crippen MR) is 96.1 cm³/mol. The molecule has 3 aromatic rings. The largest absolute Gasteiger partial charge is 0.331 e. The summed E-state index contributed by atoms with van der Waals surface area (Å²) >= 11 is 5.35. The number of rotatable bonds is 3. The number of para-hydroxylation sites is 1. The molecular formula is C18H15N3O2S. The molecule has 0 atom stereocenters. The molecule has 1 saturated carbocycles. The fourth-order valence-electron chi connectivity index (χ4n) is 2.71. The highest BCUT2D eigenvalue weighted by Crippen LogP contribution is 2.30. The van der Waals surface area contributed by atoms with Crippen LogP contribution in [0.3, 0.4) is 0 Å². The minimum Gasteiger partial charge on any atom is -0.331 e. The molecule has 1 aliphatic rings. The average molecular weight is 337 g/mol. The molecule has 2 aromatic carbocycles. The molecule has 1 aliphatic carbocycles. The van der Waals surface area contributed by atoms with Gasteiger partial charge in [0.1, 0.15) is 0 Å². The van der Waals surface area contributed by atoms with Gasteiger partial charge in [-0.15, -0.1) is 0 Å². The lowest BCUT2D eigenvalue weighted by Crippen LogP contribution is -2.21. The Kier molecular flexibility index (Phi) is 3.54. The third-order valence-corrected chi connectivity index (χ3v) is 4.41. The molecule has 0 saturated heterocycles. The Labute approximate surface area is 143 Å². The van der Waals surface area contributed by atoms with E-state index in [0.717, 1.165) is 12.8 Å². The number of aromatic amines is 1. The maximum atomic E-state index is 12.8. The number of hydrogen-bond donors (Lipinski definition) is 2. The molecule has 0 aliphatic heterocycles. The molecule has 0 unspecified atom stereocenters. The van der Waals surface area contributed by atoms with E-state index in [-0.39, 0.29) is 17.4 Å². The van der Waals surface area contributed by atoms with Crippen LogP contribution in [0.4, 0.5) is 5.69 Å². The van der Waals surface area contributed by atoms with E-state index in [2.05, 4.69) is 10.3 Å². The first kappa shape index (κ1) is 14.8. The number of nitrogens with one attached hydrogen (secondary N) is 2. The van der Waals surface area contributed by atoms with Gasteiger partial charge in [-0.1, -0.05) is 18.2 Å². The quantitative estimate of drug-likeness (QED) is 0.720. The summed E-state index contributed by atoms with van der Waals surface area (Å²) in [5.41, 5.74) is 1.82. The van der Waals surface area contributed by atoms with Gasteiger partial charge in [-0.25, -0.2) is 0 Å². The van der Waals surface area contributed by atoms with Gasteiger partial charge in [-0.2, -0.15) is 0 Å². The highest BCUT2D eigenvalue weighted by atomic mass is 32.1. The van der Waals surface area contributed by atoms with Crippen LogP contribution in [0.25, 0.3) is 16.6 Å². The topological polar surface area (TPSA) is 66.9 Å². The molecular weight excluding hydrogens is 322 g/mol. The van der Waals surface area contributed by atoms with Gasteiger partial charge >= 0.3 is 0 Å². The molecule has 1 aromatic heterocycles. The van der Waals surface area contributed by atoms with Gasteiger partial charge in [0.2, 0.25) is 5.91 Å². The van der Waals surface area contributed by atoms with Crippen molar-refractivity contribution < 1.29 is 4.79 Å². The van der Waals surface area contributed by atoms with Crippen molar-refractivity contribution in [2.24, 2.45) is 5.92 Å². The van der Waals surface area contributed by atoms with Gasteiger partial charge in [-0.3, -0.25) is 14.2 Å². The van der Waals surface area contributed by atoms with Crippen molar-refractivity contribution in [3.8, 4) is 5.69 Å². The second-order valence-corrected chi connectivity index (χ2v) is 6.32. The molecule has 24 heavy (non-hydrogen) atoms. The minimum absolute atomic E-state index is 0.0307. The van der Waals surface area contributed by atoms with Crippen molar-refractivity contribution in [2.45, 2.75) is 12.8 Å². The second kappa shape index (κ2) is 5.72. The Morgan fingerprint density at radius 1 is 1.17 bits per heavy atom. The van der Waals surface area contributed by atoms with Crippen molar-refractivity contribution in [1.29, 1.82) is 0 Å². The average Bonchev–Trinajstić information content (AvgIpc) is 3.40. The van der Waals surface area contributed by atoms with Crippen LogP contribution in [-0.2, 0) is 4.79 Å². The molecule has 0 bridgehead atoms. The van der Waals surface area contributed by atoms with E-state index < -0.39 is 0 Å².